The van der Waals surface area contributed by atoms with E-state index in [-0.39, 0.29) is 0 Å². The largest absolute Gasteiger partial charge is 0.370 e. The fraction of sp³-hybridized carbons (Fsp3) is 0.455. The number of hydrogen-bond acceptors (Lipinski definition) is 4. The van der Waals surface area contributed by atoms with Gasteiger partial charge in [0.1, 0.15) is 5.69 Å². The number of carbonyl (C=O) groups is 1. The lowest BCUT2D eigenvalue weighted by molar-refractivity contribution is 0.0995. The van der Waals surface area contributed by atoms with Gasteiger partial charge in [0.2, 0.25) is 0 Å². The van der Waals surface area contributed by atoms with Gasteiger partial charge in [0.25, 0.3) is 5.91 Å². The molecule has 1 aromatic heterocycles. The van der Waals surface area contributed by atoms with Crippen molar-refractivity contribution in [1.82, 2.24) is 10.3 Å². The van der Waals surface area contributed by atoms with Crippen LogP contribution in [-0.4, -0.2) is 37.1 Å². The Bertz CT molecular complexity index is 393. The van der Waals surface area contributed by atoms with Crippen LogP contribution in [0.5, 0.6) is 0 Å². The summed E-state index contributed by atoms with van der Waals surface area (Å²) in [6.45, 7) is 1.95. The minimum atomic E-state index is -0.480. The topological polar surface area (TPSA) is 71.2 Å². The molecule has 86 valence electrons. The number of nitrogens with one attached hydrogen (secondary N) is 1. The van der Waals surface area contributed by atoms with E-state index in [1.54, 1.807) is 12.3 Å². The summed E-state index contributed by atoms with van der Waals surface area (Å²) in [6, 6.07) is 4.18. The van der Waals surface area contributed by atoms with Gasteiger partial charge in [0.05, 0.1) is 0 Å². The number of likely N-dealkylation sites (N-methyl/N-ethyl adjacent to an activating group) is 1. The molecule has 0 aliphatic carbocycles. The van der Waals surface area contributed by atoms with E-state index in [0.717, 1.165) is 25.2 Å². The van der Waals surface area contributed by atoms with Crippen molar-refractivity contribution in [2.75, 3.05) is 25.0 Å². The molecule has 3 N–H and O–H groups in total. The molecule has 1 amide bonds. The Morgan fingerprint density at radius 1 is 1.69 bits per heavy atom. The Hall–Kier alpha value is -1.62. The zero-order valence-corrected chi connectivity index (χ0v) is 9.31. The van der Waals surface area contributed by atoms with Crippen molar-refractivity contribution in [1.29, 1.82) is 0 Å². The number of nitrogens with zero attached hydrogens (tertiary/aromatic N) is 2. The zero-order chi connectivity index (χ0) is 11.5. The molecule has 0 bridgehead atoms. The van der Waals surface area contributed by atoms with Gasteiger partial charge < -0.3 is 16.0 Å². The zero-order valence-electron chi connectivity index (χ0n) is 9.31. The van der Waals surface area contributed by atoms with Gasteiger partial charge in [0, 0.05) is 31.0 Å². The predicted octanol–water partition coefficient (Wildman–Crippen LogP) is -0.0214. The molecule has 2 rings (SSSR count). The van der Waals surface area contributed by atoms with Crippen molar-refractivity contribution < 1.29 is 4.79 Å². The second-order valence-electron chi connectivity index (χ2n) is 3.98. The molecule has 1 aromatic rings. The first-order chi connectivity index (χ1) is 7.70. The van der Waals surface area contributed by atoms with Crippen LogP contribution in [0.2, 0.25) is 0 Å². The monoisotopic (exact) mass is 220 g/mol. The van der Waals surface area contributed by atoms with Gasteiger partial charge in [0.15, 0.2) is 0 Å². The van der Waals surface area contributed by atoms with E-state index in [9.17, 15) is 4.79 Å². The number of pyridine rings is 1. The van der Waals surface area contributed by atoms with Crippen molar-refractivity contribution in [2.24, 2.45) is 5.73 Å². The average molecular weight is 220 g/mol. The Labute approximate surface area is 94.6 Å². The Balaban J connectivity index is 2.15. The lowest BCUT2D eigenvalue weighted by Gasteiger charge is -2.18. The molecule has 2 heterocycles. The van der Waals surface area contributed by atoms with Crippen LogP contribution in [0.25, 0.3) is 0 Å². The van der Waals surface area contributed by atoms with Gasteiger partial charge in [-0.2, -0.15) is 0 Å². The molecular formula is C11H16N4O. The van der Waals surface area contributed by atoms with Crippen LogP contribution in [0.1, 0.15) is 16.9 Å². The quantitative estimate of drug-likeness (QED) is 0.751. The molecule has 0 saturated carbocycles. The van der Waals surface area contributed by atoms with E-state index in [1.807, 2.05) is 13.1 Å². The van der Waals surface area contributed by atoms with Crippen LogP contribution in [0.4, 0.5) is 5.69 Å². The van der Waals surface area contributed by atoms with Gasteiger partial charge in [-0.15, -0.1) is 0 Å². The molecule has 1 atom stereocenters. The second kappa shape index (κ2) is 4.49. The number of rotatable bonds is 3. The third-order valence-corrected chi connectivity index (χ3v) is 2.96. The van der Waals surface area contributed by atoms with Crippen molar-refractivity contribution in [3.8, 4) is 0 Å². The fourth-order valence-electron chi connectivity index (χ4n) is 1.98. The lowest BCUT2D eigenvalue weighted by Crippen LogP contribution is -2.29. The minimum Gasteiger partial charge on any atom is -0.370 e. The highest BCUT2D eigenvalue weighted by molar-refractivity contribution is 5.91. The Morgan fingerprint density at radius 3 is 3.12 bits per heavy atom. The third kappa shape index (κ3) is 2.14. The number of nitrogens with two attached hydrogens (primary N) is 1. The maximum atomic E-state index is 11.0. The maximum Gasteiger partial charge on any atom is 0.267 e. The van der Waals surface area contributed by atoms with Crippen molar-refractivity contribution in [3.63, 3.8) is 0 Å². The first-order valence-corrected chi connectivity index (χ1v) is 5.39. The molecule has 5 nitrogen and oxygen atoms in total. The van der Waals surface area contributed by atoms with E-state index in [0.29, 0.717) is 11.7 Å². The number of primary amides is 1. The number of amides is 1. The standard InChI is InChI=1S/C11H16N4O/c1-13-8-3-5-15(7-8)9-2-4-14-10(6-9)11(12)16/h2,4,6,8,13H,3,5,7H2,1H3,(H2,12,16). The second-order valence-corrected chi connectivity index (χ2v) is 3.98. The van der Waals surface area contributed by atoms with E-state index in [4.69, 9.17) is 5.73 Å². The molecule has 1 fully saturated rings. The molecular weight excluding hydrogens is 204 g/mol. The molecule has 5 heteroatoms. The highest BCUT2D eigenvalue weighted by atomic mass is 16.1. The summed E-state index contributed by atoms with van der Waals surface area (Å²) in [7, 11) is 1.97. The van der Waals surface area contributed by atoms with Gasteiger partial charge >= 0.3 is 0 Å². The molecule has 1 aliphatic rings. The Kier molecular flexibility index (Phi) is 3.05. The summed E-state index contributed by atoms with van der Waals surface area (Å²) in [5.74, 6) is -0.480. The first-order valence-electron chi connectivity index (χ1n) is 5.39. The van der Waals surface area contributed by atoms with Crippen molar-refractivity contribution in [3.05, 3.63) is 24.0 Å². The smallest absolute Gasteiger partial charge is 0.267 e. The molecule has 1 saturated heterocycles. The Morgan fingerprint density at radius 2 is 2.50 bits per heavy atom. The van der Waals surface area contributed by atoms with Gasteiger partial charge in [-0.1, -0.05) is 0 Å². The van der Waals surface area contributed by atoms with Gasteiger partial charge in [-0.25, -0.2) is 0 Å². The lowest BCUT2D eigenvalue weighted by atomic mass is 10.3. The fourth-order valence-corrected chi connectivity index (χ4v) is 1.98. The number of anilines is 1. The highest BCUT2D eigenvalue weighted by Gasteiger charge is 2.21. The van der Waals surface area contributed by atoms with E-state index >= 15 is 0 Å². The SMILES string of the molecule is CNC1CCN(c2ccnc(C(N)=O)c2)C1. The van der Waals surface area contributed by atoms with Crippen LogP contribution in [-0.2, 0) is 0 Å². The number of aromatic nitrogens is 1. The summed E-state index contributed by atoms with van der Waals surface area (Å²) in [5.41, 5.74) is 6.54. The summed E-state index contributed by atoms with van der Waals surface area (Å²) in [4.78, 5) is 17.2. The molecule has 1 aliphatic heterocycles. The molecule has 0 aromatic carbocycles. The number of carbonyl (C=O) groups excluding carboxylic acids is 1. The van der Waals surface area contributed by atoms with Crippen molar-refractivity contribution in [2.45, 2.75) is 12.5 Å². The first kappa shape index (κ1) is 10.9. The van der Waals surface area contributed by atoms with Crippen LogP contribution in [0.3, 0.4) is 0 Å². The average Bonchev–Trinajstić information content (AvgIpc) is 2.77. The predicted molar refractivity (Wildman–Crippen MR) is 62.4 cm³/mol. The molecule has 1 unspecified atom stereocenters. The molecule has 0 spiro atoms. The van der Waals surface area contributed by atoms with E-state index in [2.05, 4.69) is 15.2 Å². The van der Waals surface area contributed by atoms with Crippen molar-refractivity contribution >= 4 is 11.6 Å². The minimum absolute atomic E-state index is 0.324. The van der Waals surface area contributed by atoms with Gasteiger partial charge in [-0.3, -0.25) is 9.78 Å². The maximum absolute atomic E-state index is 11.0. The molecule has 0 radical (unpaired) electrons. The van der Waals surface area contributed by atoms with Crippen LogP contribution >= 0.6 is 0 Å². The van der Waals surface area contributed by atoms with Crippen LogP contribution < -0.4 is 16.0 Å². The summed E-state index contributed by atoms with van der Waals surface area (Å²) in [5, 5.41) is 3.25. The van der Waals surface area contributed by atoms with Crippen LogP contribution in [0.15, 0.2) is 18.3 Å². The number of hydrogen-bond donors (Lipinski definition) is 2. The van der Waals surface area contributed by atoms with Crippen LogP contribution in [0, 0.1) is 0 Å². The summed E-state index contributed by atoms with van der Waals surface area (Å²) < 4.78 is 0. The third-order valence-electron chi connectivity index (χ3n) is 2.96. The summed E-state index contributed by atoms with van der Waals surface area (Å²) in [6.07, 6.45) is 2.74. The highest BCUT2D eigenvalue weighted by Crippen LogP contribution is 2.20. The van der Waals surface area contributed by atoms with Gasteiger partial charge in [-0.05, 0) is 25.6 Å². The van der Waals surface area contributed by atoms with E-state index < -0.39 is 5.91 Å². The normalized spacial score (nSPS) is 20.1. The summed E-state index contributed by atoms with van der Waals surface area (Å²) >= 11 is 0. The molecule has 16 heavy (non-hydrogen) atoms. The van der Waals surface area contributed by atoms with E-state index in [1.165, 1.54) is 0 Å².